The summed E-state index contributed by atoms with van der Waals surface area (Å²) in [5.41, 5.74) is -0.0211. The first-order valence-electron chi connectivity index (χ1n) is 7.15. The van der Waals surface area contributed by atoms with Crippen molar-refractivity contribution in [2.45, 2.75) is 6.92 Å². The van der Waals surface area contributed by atoms with E-state index in [4.69, 9.17) is 4.74 Å². The number of hydrogen-bond donors (Lipinski definition) is 3. The number of benzene rings is 1. The van der Waals surface area contributed by atoms with E-state index in [1.165, 1.54) is 19.3 Å². The van der Waals surface area contributed by atoms with Gasteiger partial charge in [0.2, 0.25) is 5.88 Å². The van der Waals surface area contributed by atoms with E-state index in [0.717, 1.165) is 12.1 Å². The van der Waals surface area contributed by atoms with Crippen molar-refractivity contribution in [2.24, 2.45) is 0 Å². The Balaban J connectivity index is 2.47. The van der Waals surface area contributed by atoms with E-state index in [-0.39, 0.29) is 15.8 Å². The van der Waals surface area contributed by atoms with Gasteiger partial charge in [0.15, 0.2) is 5.75 Å². The van der Waals surface area contributed by atoms with Gasteiger partial charge in [-0.15, -0.1) is 0 Å². The highest BCUT2D eigenvalue weighted by Gasteiger charge is 2.17. The molecule has 0 aliphatic heterocycles. The van der Waals surface area contributed by atoms with Crippen LogP contribution < -0.4 is 10.3 Å². The van der Waals surface area contributed by atoms with Gasteiger partial charge in [0, 0.05) is 12.1 Å². The average molecular weight is 424 g/mol. The quantitative estimate of drug-likeness (QED) is 0.644. The van der Waals surface area contributed by atoms with Crippen LogP contribution in [0, 0.1) is 6.92 Å². The number of hydrogen-bond acceptors (Lipinski definition) is 6. The maximum Gasteiger partial charge on any atom is 0.339 e. The largest absolute Gasteiger partial charge is 0.503 e. The summed E-state index contributed by atoms with van der Waals surface area (Å²) in [5.74, 6) is -3.46. The molecule has 0 saturated carbocycles. The van der Waals surface area contributed by atoms with Crippen LogP contribution in [0.15, 0.2) is 33.5 Å². The van der Waals surface area contributed by atoms with Crippen molar-refractivity contribution >= 4 is 33.9 Å². The van der Waals surface area contributed by atoms with Gasteiger partial charge in [0.05, 0.1) is 11.6 Å². The highest BCUT2D eigenvalue weighted by Crippen LogP contribution is 2.27. The monoisotopic (exact) mass is 423 g/mol. The molecule has 136 valence electrons. The van der Waals surface area contributed by atoms with Crippen LogP contribution in [-0.2, 0) is 0 Å². The summed E-state index contributed by atoms with van der Waals surface area (Å²) in [7, 11) is 1.35. The lowest BCUT2D eigenvalue weighted by Gasteiger charge is -2.10. The van der Waals surface area contributed by atoms with E-state index in [1.807, 2.05) is 0 Å². The number of aromatic nitrogens is 1. The maximum atomic E-state index is 12.2. The summed E-state index contributed by atoms with van der Waals surface area (Å²) in [4.78, 5) is 35.5. The molecule has 3 N–H and O–H groups in total. The lowest BCUT2D eigenvalue weighted by Crippen LogP contribution is -2.25. The Kier molecular flexibility index (Phi) is 5.51. The molecule has 0 fully saturated rings. The Morgan fingerprint density at radius 1 is 1.23 bits per heavy atom. The number of allylic oxidation sites excluding steroid dienone is 1. The zero-order valence-corrected chi connectivity index (χ0v) is 15.3. The Labute approximate surface area is 155 Å². The van der Waals surface area contributed by atoms with Crippen LogP contribution in [0.1, 0.15) is 26.3 Å². The molecular formula is C17H14BrNO7. The van der Waals surface area contributed by atoms with Crippen LogP contribution in [0.4, 0.5) is 0 Å². The van der Waals surface area contributed by atoms with E-state index >= 15 is 0 Å². The lowest BCUT2D eigenvalue weighted by molar-refractivity contribution is 0.0692. The van der Waals surface area contributed by atoms with E-state index < -0.39 is 29.1 Å². The number of methoxy groups -OCH3 is 1. The average Bonchev–Trinajstić information content (AvgIpc) is 2.57. The number of ether oxygens (including phenoxy) is 1. The Hall–Kier alpha value is -3.07. The fourth-order valence-corrected chi connectivity index (χ4v) is 2.73. The molecule has 26 heavy (non-hydrogen) atoms. The second-order valence-corrected chi connectivity index (χ2v) is 6.09. The van der Waals surface area contributed by atoms with Gasteiger partial charge in [-0.3, -0.25) is 9.59 Å². The van der Waals surface area contributed by atoms with Crippen LogP contribution in [0.3, 0.4) is 0 Å². The smallest absolute Gasteiger partial charge is 0.339 e. The molecule has 1 heterocycles. The molecule has 0 radical (unpaired) electrons. The predicted molar refractivity (Wildman–Crippen MR) is 96.1 cm³/mol. The Bertz CT molecular complexity index is 992. The SMILES string of the molecule is COc1c(C)cc(C=CC(=O)n2c(O)c(O)cc(Br)c2=O)cc1C(=O)O. The van der Waals surface area contributed by atoms with Crippen molar-refractivity contribution in [2.75, 3.05) is 7.11 Å². The number of nitrogens with zero attached hydrogens (tertiary/aromatic N) is 1. The van der Waals surface area contributed by atoms with Gasteiger partial charge in [-0.1, -0.05) is 0 Å². The third-order valence-electron chi connectivity index (χ3n) is 3.48. The fraction of sp³-hybridized carbons (Fsp3) is 0.118. The maximum absolute atomic E-state index is 12.2. The third kappa shape index (κ3) is 3.62. The molecule has 0 aliphatic rings. The number of aryl methyl sites for hydroxylation is 1. The van der Waals surface area contributed by atoms with E-state index in [0.29, 0.717) is 15.7 Å². The molecule has 0 atom stereocenters. The number of carbonyl (C=O) groups excluding carboxylic acids is 1. The molecule has 8 nitrogen and oxygen atoms in total. The summed E-state index contributed by atoms with van der Waals surface area (Å²) >= 11 is 2.89. The normalized spacial score (nSPS) is 10.9. The molecule has 1 aromatic carbocycles. The minimum atomic E-state index is -1.20. The van der Waals surface area contributed by atoms with Gasteiger partial charge < -0.3 is 20.1 Å². The second-order valence-electron chi connectivity index (χ2n) is 5.24. The van der Waals surface area contributed by atoms with Gasteiger partial charge in [0.1, 0.15) is 11.3 Å². The van der Waals surface area contributed by atoms with Crippen molar-refractivity contribution in [3.05, 3.63) is 55.8 Å². The highest BCUT2D eigenvalue weighted by molar-refractivity contribution is 9.10. The lowest BCUT2D eigenvalue weighted by atomic mass is 10.0. The van der Waals surface area contributed by atoms with Crippen molar-refractivity contribution < 1.29 is 29.6 Å². The minimum absolute atomic E-state index is 0.0836. The van der Waals surface area contributed by atoms with Crippen molar-refractivity contribution in [1.82, 2.24) is 4.57 Å². The number of pyridine rings is 1. The Morgan fingerprint density at radius 2 is 1.88 bits per heavy atom. The number of aromatic hydroxyl groups is 2. The first-order valence-corrected chi connectivity index (χ1v) is 7.94. The van der Waals surface area contributed by atoms with Crippen molar-refractivity contribution in [1.29, 1.82) is 0 Å². The summed E-state index contributed by atoms with van der Waals surface area (Å²) in [6, 6.07) is 3.87. The number of aromatic carboxylic acids is 1. The van der Waals surface area contributed by atoms with E-state index in [2.05, 4.69) is 15.9 Å². The number of carboxylic acid groups (broad SMARTS) is 1. The number of halogens is 1. The number of rotatable bonds is 4. The molecular weight excluding hydrogens is 410 g/mol. The predicted octanol–water partition coefficient (Wildman–Crippen LogP) is 2.39. The van der Waals surface area contributed by atoms with E-state index in [1.54, 1.807) is 13.0 Å². The van der Waals surface area contributed by atoms with E-state index in [9.17, 15) is 29.7 Å². The molecule has 0 unspecified atom stereocenters. The van der Waals surface area contributed by atoms with Gasteiger partial charge in [-0.2, -0.15) is 0 Å². The van der Waals surface area contributed by atoms with Gasteiger partial charge in [0.25, 0.3) is 11.5 Å². The van der Waals surface area contributed by atoms with Crippen LogP contribution in [0.2, 0.25) is 0 Å². The topological polar surface area (TPSA) is 126 Å². The molecule has 2 aromatic rings. The summed E-state index contributed by atoms with van der Waals surface area (Å²) in [6.45, 7) is 1.65. The first kappa shape index (κ1) is 19.3. The third-order valence-corrected chi connectivity index (χ3v) is 4.05. The Morgan fingerprint density at radius 3 is 2.46 bits per heavy atom. The van der Waals surface area contributed by atoms with Gasteiger partial charge >= 0.3 is 5.97 Å². The van der Waals surface area contributed by atoms with Crippen LogP contribution in [0.5, 0.6) is 17.4 Å². The molecule has 0 saturated heterocycles. The van der Waals surface area contributed by atoms with Crippen LogP contribution >= 0.6 is 15.9 Å². The van der Waals surface area contributed by atoms with Gasteiger partial charge in [-0.05, 0) is 52.2 Å². The zero-order valence-electron chi connectivity index (χ0n) is 13.7. The van der Waals surface area contributed by atoms with Crippen LogP contribution in [-0.4, -0.2) is 38.9 Å². The highest BCUT2D eigenvalue weighted by atomic mass is 79.9. The molecule has 0 amide bonds. The zero-order chi connectivity index (χ0) is 19.6. The fourth-order valence-electron chi connectivity index (χ4n) is 2.34. The molecule has 1 aromatic heterocycles. The summed E-state index contributed by atoms with van der Waals surface area (Å²) in [5, 5.41) is 28.5. The molecule has 0 spiro atoms. The van der Waals surface area contributed by atoms with Crippen molar-refractivity contribution in [3.63, 3.8) is 0 Å². The number of carbonyl (C=O) groups is 2. The molecule has 0 aliphatic carbocycles. The number of carboxylic acids is 1. The summed E-state index contributed by atoms with van der Waals surface area (Å²) < 4.78 is 5.33. The summed E-state index contributed by atoms with van der Waals surface area (Å²) in [6.07, 6.45) is 2.25. The standard InChI is InChI=1S/C17H14BrNO7/c1-8-5-9(6-10(17(24)25)14(8)26-2)3-4-13(21)19-15(22)11(18)7-12(20)16(19)23/h3-7,20,23H,1-2H3,(H,24,25). The molecule has 2 rings (SSSR count). The van der Waals surface area contributed by atoms with Gasteiger partial charge in [-0.25, -0.2) is 9.36 Å². The second kappa shape index (κ2) is 7.44. The molecule has 0 bridgehead atoms. The molecule has 9 heteroatoms. The first-order chi connectivity index (χ1) is 12.2. The minimum Gasteiger partial charge on any atom is -0.503 e. The van der Waals surface area contributed by atoms with Crippen LogP contribution in [0.25, 0.3) is 6.08 Å². The van der Waals surface area contributed by atoms with Crippen molar-refractivity contribution in [3.8, 4) is 17.4 Å².